The second kappa shape index (κ2) is 6.11. The summed E-state index contributed by atoms with van der Waals surface area (Å²) < 4.78 is 26.6. The molecule has 0 saturated carbocycles. The molecule has 1 aromatic carbocycles. The van der Waals surface area contributed by atoms with Crippen LogP contribution in [0, 0.1) is 0 Å². The van der Waals surface area contributed by atoms with Gasteiger partial charge in [0.2, 0.25) is 0 Å². The summed E-state index contributed by atoms with van der Waals surface area (Å²) in [6, 6.07) is 8.58. The zero-order chi connectivity index (χ0) is 15.5. The summed E-state index contributed by atoms with van der Waals surface area (Å²) in [5.41, 5.74) is 0.809. The highest BCUT2D eigenvalue weighted by molar-refractivity contribution is 7.92. The Bertz CT molecular complexity index is 743. The van der Waals surface area contributed by atoms with Crippen LogP contribution in [0.4, 0.5) is 5.69 Å². The van der Waals surface area contributed by atoms with Crippen molar-refractivity contribution in [2.45, 2.75) is 11.3 Å². The van der Waals surface area contributed by atoms with Crippen LogP contribution in [0.2, 0.25) is 5.15 Å². The lowest BCUT2D eigenvalue weighted by atomic mass is 10.2. The first-order valence-electron chi connectivity index (χ1n) is 5.82. The topological polar surface area (TPSA) is 96.4 Å². The molecule has 21 heavy (non-hydrogen) atoms. The Hall–Kier alpha value is -2.12. The fourth-order valence-corrected chi connectivity index (χ4v) is 2.77. The number of aromatic nitrogens is 1. The molecule has 2 rings (SSSR count). The van der Waals surface area contributed by atoms with Crippen LogP contribution >= 0.6 is 11.6 Å². The zero-order valence-corrected chi connectivity index (χ0v) is 12.2. The Balaban J connectivity index is 2.19. The molecule has 0 saturated heterocycles. The molecule has 0 atom stereocenters. The number of nitrogens with zero attached hydrogens (tertiary/aromatic N) is 1. The first-order chi connectivity index (χ1) is 9.87. The molecule has 2 aromatic rings. The molecule has 0 fully saturated rings. The number of carboxylic acid groups (broad SMARTS) is 1. The molecule has 2 N–H and O–H groups in total. The third-order valence-electron chi connectivity index (χ3n) is 2.57. The summed E-state index contributed by atoms with van der Waals surface area (Å²) in [5.74, 6) is -0.976. The summed E-state index contributed by atoms with van der Waals surface area (Å²) in [6.07, 6.45) is 1.15. The van der Waals surface area contributed by atoms with Gasteiger partial charge in [-0.2, -0.15) is 0 Å². The number of halogens is 1. The average molecular weight is 327 g/mol. The van der Waals surface area contributed by atoms with Crippen LogP contribution < -0.4 is 4.72 Å². The van der Waals surface area contributed by atoms with Crippen molar-refractivity contribution in [3.05, 3.63) is 53.3 Å². The van der Waals surface area contributed by atoms with Crippen LogP contribution in [0.25, 0.3) is 0 Å². The lowest BCUT2D eigenvalue weighted by molar-refractivity contribution is -0.136. The van der Waals surface area contributed by atoms with Crippen molar-refractivity contribution in [1.29, 1.82) is 0 Å². The fraction of sp³-hybridized carbons (Fsp3) is 0.0769. The van der Waals surface area contributed by atoms with E-state index in [0.29, 0.717) is 5.56 Å². The van der Waals surface area contributed by atoms with Crippen LogP contribution in [0.15, 0.2) is 47.5 Å². The maximum absolute atomic E-state index is 12.1. The number of nitrogens with one attached hydrogen (secondary N) is 1. The standard InChI is InChI=1S/C13H11ClN2O4S/c14-12-6-3-10(8-15-12)16-21(19,20)11-4-1-9(2-5-11)7-13(17)18/h1-6,8,16H,7H2,(H,17,18). The summed E-state index contributed by atoms with van der Waals surface area (Å²) in [5, 5.41) is 8.93. The van der Waals surface area contributed by atoms with Crippen LogP contribution in [0.5, 0.6) is 0 Å². The average Bonchev–Trinajstić information content (AvgIpc) is 2.41. The third kappa shape index (κ3) is 4.17. The van der Waals surface area contributed by atoms with E-state index in [1.165, 1.54) is 42.6 Å². The highest BCUT2D eigenvalue weighted by atomic mass is 35.5. The number of carboxylic acids is 1. The van der Waals surface area contributed by atoms with Crippen LogP contribution in [0.3, 0.4) is 0 Å². The van der Waals surface area contributed by atoms with E-state index >= 15 is 0 Å². The van der Waals surface area contributed by atoms with Crippen molar-refractivity contribution in [2.75, 3.05) is 4.72 Å². The van der Waals surface area contributed by atoms with E-state index in [0.717, 1.165) is 0 Å². The van der Waals surface area contributed by atoms with E-state index in [2.05, 4.69) is 9.71 Å². The Morgan fingerprint density at radius 1 is 1.19 bits per heavy atom. The fourth-order valence-electron chi connectivity index (χ4n) is 1.61. The third-order valence-corrected chi connectivity index (χ3v) is 4.19. The molecule has 1 heterocycles. The molecular weight excluding hydrogens is 316 g/mol. The van der Waals surface area contributed by atoms with Crippen LogP contribution in [-0.4, -0.2) is 24.5 Å². The lowest BCUT2D eigenvalue weighted by Crippen LogP contribution is -2.13. The molecule has 110 valence electrons. The van der Waals surface area contributed by atoms with Gasteiger partial charge in [-0.15, -0.1) is 0 Å². The first-order valence-corrected chi connectivity index (χ1v) is 7.68. The molecular formula is C13H11ClN2O4S. The predicted octanol–water partition coefficient (Wildman–Crippen LogP) is 2.16. The van der Waals surface area contributed by atoms with Gasteiger partial charge in [-0.3, -0.25) is 9.52 Å². The number of hydrogen-bond donors (Lipinski definition) is 2. The Labute approximate surface area is 126 Å². The smallest absolute Gasteiger partial charge is 0.307 e. The number of sulfonamides is 1. The second-order valence-corrected chi connectivity index (χ2v) is 6.26. The van der Waals surface area contributed by atoms with E-state index in [1.54, 1.807) is 0 Å². The highest BCUT2D eigenvalue weighted by Crippen LogP contribution is 2.17. The van der Waals surface area contributed by atoms with E-state index in [-0.39, 0.29) is 22.2 Å². The van der Waals surface area contributed by atoms with Crippen molar-refractivity contribution in [2.24, 2.45) is 0 Å². The van der Waals surface area contributed by atoms with E-state index in [9.17, 15) is 13.2 Å². The van der Waals surface area contributed by atoms with Crippen molar-refractivity contribution in [1.82, 2.24) is 4.98 Å². The molecule has 0 bridgehead atoms. The monoisotopic (exact) mass is 326 g/mol. The molecule has 0 aliphatic heterocycles. The van der Waals surface area contributed by atoms with Gasteiger partial charge >= 0.3 is 5.97 Å². The largest absolute Gasteiger partial charge is 0.481 e. The molecule has 0 radical (unpaired) electrons. The van der Waals surface area contributed by atoms with Gasteiger partial charge in [0.1, 0.15) is 5.15 Å². The molecule has 0 spiro atoms. The van der Waals surface area contributed by atoms with Gasteiger partial charge in [0.15, 0.2) is 0 Å². The molecule has 1 aromatic heterocycles. The number of pyridine rings is 1. The number of hydrogen-bond acceptors (Lipinski definition) is 4. The molecule has 0 amide bonds. The Kier molecular flexibility index (Phi) is 4.44. The summed E-state index contributed by atoms with van der Waals surface area (Å²) in [4.78, 5) is 14.4. The molecule has 0 unspecified atom stereocenters. The van der Waals surface area contributed by atoms with E-state index in [1.807, 2.05) is 0 Å². The lowest BCUT2D eigenvalue weighted by Gasteiger charge is -2.08. The molecule has 6 nitrogen and oxygen atoms in total. The van der Waals surface area contributed by atoms with Gasteiger partial charge in [-0.05, 0) is 29.8 Å². The maximum atomic E-state index is 12.1. The molecule has 0 aliphatic carbocycles. The minimum absolute atomic E-state index is 0.0339. The highest BCUT2D eigenvalue weighted by Gasteiger charge is 2.14. The second-order valence-electron chi connectivity index (χ2n) is 4.19. The number of carbonyl (C=O) groups is 1. The van der Waals surface area contributed by atoms with Gasteiger partial charge in [-0.1, -0.05) is 23.7 Å². The minimum atomic E-state index is -3.75. The normalized spacial score (nSPS) is 11.1. The summed E-state index contributed by atoms with van der Waals surface area (Å²) in [6.45, 7) is 0. The Morgan fingerprint density at radius 3 is 2.38 bits per heavy atom. The van der Waals surface area contributed by atoms with Crippen LogP contribution in [0.1, 0.15) is 5.56 Å². The zero-order valence-electron chi connectivity index (χ0n) is 10.7. The van der Waals surface area contributed by atoms with Gasteiger partial charge in [0.25, 0.3) is 10.0 Å². The minimum Gasteiger partial charge on any atom is -0.481 e. The molecule has 0 aliphatic rings. The Morgan fingerprint density at radius 2 is 1.86 bits per heavy atom. The first kappa shape index (κ1) is 15.3. The van der Waals surface area contributed by atoms with Crippen molar-refractivity contribution < 1.29 is 18.3 Å². The molecule has 8 heteroatoms. The van der Waals surface area contributed by atoms with Gasteiger partial charge in [0, 0.05) is 0 Å². The number of benzene rings is 1. The number of anilines is 1. The summed E-state index contributed by atoms with van der Waals surface area (Å²) in [7, 11) is -3.75. The number of rotatable bonds is 5. The van der Waals surface area contributed by atoms with Gasteiger partial charge < -0.3 is 5.11 Å². The van der Waals surface area contributed by atoms with Gasteiger partial charge in [0.05, 0.1) is 23.2 Å². The quantitative estimate of drug-likeness (QED) is 0.821. The van der Waals surface area contributed by atoms with Crippen molar-refractivity contribution >= 4 is 33.3 Å². The predicted molar refractivity (Wildman–Crippen MR) is 77.8 cm³/mol. The maximum Gasteiger partial charge on any atom is 0.307 e. The van der Waals surface area contributed by atoms with Crippen molar-refractivity contribution in [3.63, 3.8) is 0 Å². The van der Waals surface area contributed by atoms with E-state index < -0.39 is 16.0 Å². The van der Waals surface area contributed by atoms with Gasteiger partial charge in [-0.25, -0.2) is 13.4 Å². The van der Waals surface area contributed by atoms with E-state index in [4.69, 9.17) is 16.7 Å². The number of aliphatic carboxylic acids is 1. The SMILES string of the molecule is O=C(O)Cc1ccc(S(=O)(=O)Nc2ccc(Cl)nc2)cc1. The van der Waals surface area contributed by atoms with Crippen molar-refractivity contribution in [3.8, 4) is 0 Å². The summed E-state index contributed by atoms with van der Waals surface area (Å²) >= 11 is 5.62. The van der Waals surface area contributed by atoms with Crippen LogP contribution in [-0.2, 0) is 21.2 Å².